The van der Waals surface area contributed by atoms with E-state index in [1.807, 2.05) is 0 Å². The van der Waals surface area contributed by atoms with Crippen molar-refractivity contribution in [3.63, 3.8) is 0 Å². The Morgan fingerprint density at radius 2 is 2.14 bits per heavy atom. The highest BCUT2D eigenvalue weighted by molar-refractivity contribution is 6.35. The second-order valence-corrected chi connectivity index (χ2v) is 5.28. The third kappa shape index (κ3) is 3.69. The second-order valence-electron chi connectivity index (χ2n) is 4.90. The maximum atomic E-state index is 12.2. The van der Waals surface area contributed by atoms with Crippen LogP contribution in [0.15, 0.2) is 18.2 Å². The van der Waals surface area contributed by atoms with Crippen LogP contribution in [-0.2, 0) is 4.79 Å². The number of carbonyl (C=O) groups excluding carboxylic acids is 2. The van der Waals surface area contributed by atoms with Gasteiger partial charge >= 0.3 is 0 Å². The van der Waals surface area contributed by atoms with Gasteiger partial charge in [-0.3, -0.25) is 19.7 Å². The zero-order valence-corrected chi connectivity index (χ0v) is 12.1. The van der Waals surface area contributed by atoms with Crippen molar-refractivity contribution < 1.29 is 14.5 Å². The highest BCUT2D eigenvalue weighted by atomic mass is 35.5. The van der Waals surface area contributed by atoms with E-state index in [-0.39, 0.29) is 34.8 Å². The lowest BCUT2D eigenvalue weighted by atomic mass is 10.1. The van der Waals surface area contributed by atoms with Gasteiger partial charge in [-0.15, -0.1) is 0 Å². The molecule has 0 atom stereocenters. The van der Waals surface area contributed by atoms with E-state index in [4.69, 9.17) is 11.6 Å². The van der Waals surface area contributed by atoms with Gasteiger partial charge < -0.3 is 10.2 Å². The molecule has 0 bridgehead atoms. The normalized spacial score (nSPS) is 13.6. The van der Waals surface area contributed by atoms with Crippen LogP contribution in [0.2, 0.25) is 5.02 Å². The molecule has 1 saturated carbocycles. The summed E-state index contributed by atoms with van der Waals surface area (Å²) in [6, 6.07) is 4.21. The smallest absolute Gasteiger partial charge is 0.288 e. The van der Waals surface area contributed by atoms with Crippen LogP contribution in [0, 0.1) is 10.1 Å². The third-order valence-corrected chi connectivity index (χ3v) is 3.47. The minimum absolute atomic E-state index is 0.00703. The van der Waals surface area contributed by atoms with Gasteiger partial charge in [-0.1, -0.05) is 17.7 Å². The molecule has 0 radical (unpaired) electrons. The predicted octanol–water partition coefficient (Wildman–Crippen LogP) is 1.60. The maximum absolute atomic E-state index is 12.2. The molecule has 1 fully saturated rings. The van der Waals surface area contributed by atoms with Crippen LogP contribution in [0.1, 0.15) is 23.2 Å². The van der Waals surface area contributed by atoms with E-state index in [1.54, 1.807) is 0 Å². The number of benzene rings is 1. The fourth-order valence-corrected chi connectivity index (χ4v) is 2.10. The van der Waals surface area contributed by atoms with E-state index < -0.39 is 10.8 Å². The number of rotatable bonds is 5. The van der Waals surface area contributed by atoms with E-state index >= 15 is 0 Å². The Bertz CT molecular complexity index is 601. The Balaban J connectivity index is 2.09. The first-order valence-corrected chi connectivity index (χ1v) is 6.75. The van der Waals surface area contributed by atoms with Crippen LogP contribution in [0.5, 0.6) is 0 Å². The number of nitrogens with zero attached hydrogens (tertiary/aromatic N) is 2. The molecule has 0 aromatic heterocycles. The predicted molar refractivity (Wildman–Crippen MR) is 76.2 cm³/mol. The molecular weight excluding hydrogens is 298 g/mol. The average molecular weight is 312 g/mol. The van der Waals surface area contributed by atoms with Crippen molar-refractivity contribution >= 4 is 29.1 Å². The first kappa shape index (κ1) is 15.2. The third-order valence-electron chi connectivity index (χ3n) is 3.08. The monoisotopic (exact) mass is 311 g/mol. The number of amides is 2. The van der Waals surface area contributed by atoms with Crippen molar-refractivity contribution in [3.8, 4) is 0 Å². The molecule has 0 spiro atoms. The van der Waals surface area contributed by atoms with Crippen LogP contribution in [-0.4, -0.2) is 41.3 Å². The van der Waals surface area contributed by atoms with Gasteiger partial charge in [0.1, 0.15) is 5.02 Å². The number of nitrogens with one attached hydrogen (secondary N) is 1. The number of hydrogen-bond donors (Lipinski definition) is 1. The molecule has 2 amide bonds. The molecule has 1 aromatic rings. The van der Waals surface area contributed by atoms with Crippen molar-refractivity contribution in [1.82, 2.24) is 10.2 Å². The fraction of sp³-hybridized carbons (Fsp3) is 0.385. The maximum Gasteiger partial charge on any atom is 0.288 e. The van der Waals surface area contributed by atoms with E-state index in [1.165, 1.54) is 30.1 Å². The quantitative estimate of drug-likeness (QED) is 0.660. The first-order valence-electron chi connectivity index (χ1n) is 6.38. The number of hydrogen-bond acceptors (Lipinski definition) is 4. The summed E-state index contributed by atoms with van der Waals surface area (Å²) in [6.07, 6.45) is 1.92. The zero-order valence-electron chi connectivity index (χ0n) is 11.3. The molecule has 1 N–H and O–H groups in total. The number of nitro benzene ring substituents is 1. The molecule has 0 saturated heterocycles. The van der Waals surface area contributed by atoms with E-state index in [2.05, 4.69) is 5.32 Å². The molecule has 2 rings (SSSR count). The Kier molecular flexibility index (Phi) is 4.42. The van der Waals surface area contributed by atoms with Crippen LogP contribution in [0.3, 0.4) is 0 Å². The summed E-state index contributed by atoms with van der Waals surface area (Å²) in [5.41, 5.74) is -0.328. The summed E-state index contributed by atoms with van der Waals surface area (Å²) in [6.45, 7) is -0.117. The lowest BCUT2D eigenvalue weighted by Crippen LogP contribution is -2.39. The zero-order chi connectivity index (χ0) is 15.6. The SMILES string of the molecule is CN(CC(=O)NC1CC1)C(=O)c1cccc([N+](=O)[O-])c1Cl. The average Bonchev–Trinajstić information content (AvgIpc) is 3.21. The second kappa shape index (κ2) is 6.09. The molecule has 1 aliphatic rings. The van der Waals surface area contributed by atoms with E-state index in [0.717, 1.165) is 12.8 Å². The molecule has 7 nitrogen and oxygen atoms in total. The molecular formula is C13H14ClN3O4. The molecule has 8 heteroatoms. The number of likely N-dealkylation sites (N-methyl/N-ethyl adjacent to an activating group) is 1. The fourth-order valence-electron chi connectivity index (χ4n) is 1.82. The summed E-state index contributed by atoms with van der Waals surface area (Å²) in [5.74, 6) is -0.787. The van der Waals surface area contributed by atoms with Gasteiger partial charge in [0.05, 0.1) is 17.0 Å². The van der Waals surface area contributed by atoms with Crippen molar-refractivity contribution in [1.29, 1.82) is 0 Å². The van der Waals surface area contributed by atoms with E-state index in [9.17, 15) is 19.7 Å². The number of halogens is 1. The summed E-state index contributed by atoms with van der Waals surface area (Å²) in [4.78, 5) is 35.2. The molecule has 1 aromatic carbocycles. The minimum Gasteiger partial charge on any atom is -0.352 e. The Labute approximate surface area is 126 Å². The molecule has 21 heavy (non-hydrogen) atoms. The summed E-state index contributed by atoms with van der Waals surface area (Å²) >= 11 is 5.88. The topological polar surface area (TPSA) is 92.6 Å². The van der Waals surface area contributed by atoms with Gasteiger partial charge in [-0.25, -0.2) is 0 Å². The van der Waals surface area contributed by atoms with Crippen molar-refractivity contribution in [3.05, 3.63) is 38.9 Å². The lowest BCUT2D eigenvalue weighted by Gasteiger charge is -2.17. The van der Waals surface area contributed by atoms with Gasteiger partial charge in [0.15, 0.2) is 0 Å². The van der Waals surface area contributed by atoms with Crippen molar-refractivity contribution in [2.24, 2.45) is 0 Å². The summed E-state index contributed by atoms with van der Waals surface area (Å²) < 4.78 is 0. The molecule has 0 heterocycles. The van der Waals surface area contributed by atoms with Gasteiger partial charge in [-0.2, -0.15) is 0 Å². The van der Waals surface area contributed by atoms with E-state index in [0.29, 0.717) is 0 Å². The van der Waals surface area contributed by atoms with Crippen LogP contribution in [0.4, 0.5) is 5.69 Å². The summed E-state index contributed by atoms with van der Waals surface area (Å²) in [7, 11) is 1.45. The molecule has 0 aliphatic heterocycles. The highest BCUT2D eigenvalue weighted by Crippen LogP contribution is 2.28. The van der Waals surface area contributed by atoms with Crippen LogP contribution in [0.25, 0.3) is 0 Å². The van der Waals surface area contributed by atoms with Gasteiger partial charge in [0.2, 0.25) is 5.91 Å². The van der Waals surface area contributed by atoms with Gasteiger partial charge in [0.25, 0.3) is 11.6 Å². The largest absolute Gasteiger partial charge is 0.352 e. The molecule has 112 valence electrons. The summed E-state index contributed by atoms with van der Waals surface area (Å²) in [5, 5.41) is 13.3. The molecule has 1 aliphatic carbocycles. The Morgan fingerprint density at radius 1 is 1.48 bits per heavy atom. The lowest BCUT2D eigenvalue weighted by molar-refractivity contribution is -0.384. The Hall–Kier alpha value is -2.15. The van der Waals surface area contributed by atoms with Crippen LogP contribution >= 0.6 is 11.6 Å². The Morgan fingerprint density at radius 3 is 2.71 bits per heavy atom. The standard InChI is InChI=1S/C13H14ClN3O4/c1-16(7-11(18)15-8-5-6-8)13(19)9-3-2-4-10(12(9)14)17(20)21/h2-4,8H,5-7H2,1H3,(H,15,18). The first-order chi connectivity index (χ1) is 9.90. The van der Waals surface area contributed by atoms with Gasteiger partial charge in [-0.05, 0) is 18.9 Å². The van der Waals surface area contributed by atoms with Crippen molar-refractivity contribution in [2.45, 2.75) is 18.9 Å². The van der Waals surface area contributed by atoms with Crippen molar-refractivity contribution in [2.75, 3.05) is 13.6 Å². The van der Waals surface area contributed by atoms with Crippen LogP contribution < -0.4 is 5.32 Å². The molecule has 0 unspecified atom stereocenters. The minimum atomic E-state index is -0.654. The number of carbonyl (C=O) groups is 2. The van der Waals surface area contributed by atoms with Gasteiger partial charge in [0, 0.05) is 19.2 Å². The number of nitro groups is 1. The highest BCUT2D eigenvalue weighted by Gasteiger charge is 2.26.